The topological polar surface area (TPSA) is 130 Å². The highest BCUT2D eigenvalue weighted by atomic mass is 17.2. The lowest BCUT2D eigenvalue weighted by Crippen LogP contribution is -2.60. The molecule has 20 heavy (non-hydrogen) atoms. The number of carbonyl (C=O) groups excluding carboxylic acids is 1. The third kappa shape index (κ3) is 2.67. The number of aliphatic hydroxyl groups excluding tert-OH is 1. The molecule has 8 nitrogen and oxygen atoms in total. The number of benzene rings is 1. The van der Waals surface area contributed by atoms with E-state index in [9.17, 15) is 19.5 Å². The molecule has 1 aromatic carbocycles. The number of aliphatic carboxylic acids is 2. The predicted molar refractivity (Wildman–Crippen MR) is 62.9 cm³/mol. The Morgan fingerprint density at radius 3 is 2.10 bits per heavy atom. The highest BCUT2D eigenvalue weighted by Gasteiger charge is 2.58. The van der Waals surface area contributed by atoms with E-state index in [1.807, 2.05) is 0 Å². The smallest absolute Gasteiger partial charge is 0.351 e. The van der Waals surface area contributed by atoms with Crippen LogP contribution in [0.5, 0.6) is 0 Å². The van der Waals surface area contributed by atoms with Crippen molar-refractivity contribution in [3.8, 4) is 0 Å². The first-order chi connectivity index (χ1) is 9.37. The van der Waals surface area contributed by atoms with Crippen LogP contribution in [0.3, 0.4) is 0 Å². The van der Waals surface area contributed by atoms with Crippen LogP contribution in [0.25, 0.3) is 0 Å². The SMILES string of the molecule is COOC(C(=O)O)(C(=O)c1ccccc1)C(O)C(=O)O. The number of carbonyl (C=O) groups is 3. The van der Waals surface area contributed by atoms with E-state index in [1.54, 1.807) is 6.07 Å². The van der Waals surface area contributed by atoms with Crippen LogP contribution in [0.1, 0.15) is 10.4 Å². The maximum absolute atomic E-state index is 12.2. The summed E-state index contributed by atoms with van der Waals surface area (Å²) in [6, 6.07) is 6.98. The summed E-state index contributed by atoms with van der Waals surface area (Å²) in [7, 11) is 0.893. The molecule has 108 valence electrons. The number of carboxylic acids is 2. The quantitative estimate of drug-likeness (QED) is 0.269. The van der Waals surface area contributed by atoms with Crippen molar-refractivity contribution in [1.82, 2.24) is 0 Å². The van der Waals surface area contributed by atoms with Gasteiger partial charge in [0, 0.05) is 5.56 Å². The van der Waals surface area contributed by atoms with Gasteiger partial charge in [-0.05, 0) is 0 Å². The fourth-order valence-corrected chi connectivity index (χ4v) is 1.57. The minimum atomic E-state index is -3.10. The predicted octanol–water partition coefficient (Wildman–Crippen LogP) is -0.284. The Labute approximate surface area is 113 Å². The lowest BCUT2D eigenvalue weighted by molar-refractivity contribution is -0.336. The number of hydrogen-bond acceptors (Lipinski definition) is 6. The van der Waals surface area contributed by atoms with Gasteiger partial charge in [-0.15, -0.1) is 0 Å². The third-order valence-corrected chi connectivity index (χ3v) is 2.52. The van der Waals surface area contributed by atoms with Crippen molar-refractivity contribution in [3.05, 3.63) is 35.9 Å². The maximum atomic E-state index is 12.2. The highest BCUT2D eigenvalue weighted by Crippen LogP contribution is 2.24. The van der Waals surface area contributed by atoms with Crippen LogP contribution in [-0.4, -0.2) is 51.9 Å². The zero-order chi connectivity index (χ0) is 15.3. The lowest BCUT2D eigenvalue weighted by atomic mass is 9.87. The Morgan fingerprint density at radius 1 is 1.15 bits per heavy atom. The van der Waals surface area contributed by atoms with Crippen molar-refractivity contribution in [2.75, 3.05) is 7.11 Å². The van der Waals surface area contributed by atoms with Crippen LogP contribution in [0.4, 0.5) is 0 Å². The van der Waals surface area contributed by atoms with Gasteiger partial charge in [0.2, 0.25) is 11.9 Å². The Bertz CT molecular complexity index is 511. The van der Waals surface area contributed by atoms with Gasteiger partial charge in [-0.2, -0.15) is 0 Å². The number of hydrogen-bond donors (Lipinski definition) is 3. The van der Waals surface area contributed by atoms with E-state index in [4.69, 9.17) is 10.2 Å². The Balaban J connectivity index is 3.39. The number of aliphatic hydroxyl groups is 1. The normalized spacial score (nSPS) is 15.1. The van der Waals surface area contributed by atoms with Gasteiger partial charge in [-0.25, -0.2) is 19.4 Å². The number of Topliss-reactive ketones (excluding diaryl/α,β-unsaturated/α-hetero) is 1. The van der Waals surface area contributed by atoms with Crippen molar-refractivity contribution < 1.29 is 39.5 Å². The van der Waals surface area contributed by atoms with E-state index in [2.05, 4.69) is 9.78 Å². The average Bonchev–Trinajstić information content (AvgIpc) is 2.43. The van der Waals surface area contributed by atoms with Crippen molar-refractivity contribution in [1.29, 1.82) is 0 Å². The minimum Gasteiger partial charge on any atom is -0.479 e. The third-order valence-electron chi connectivity index (χ3n) is 2.52. The van der Waals surface area contributed by atoms with Gasteiger partial charge in [0.1, 0.15) is 0 Å². The van der Waals surface area contributed by atoms with Gasteiger partial charge in [0.25, 0.3) is 5.60 Å². The molecule has 8 heteroatoms. The van der Waals surface area contributed by atoms with Gasteiger partial charge < -0.3 is 15.3 Å². The van der Waals surface area contributed by atoms with Crippen LogP contribution in [0, 0.1) is 0 Å². The minimum absolute atomic E-state index is 0.146. The molecular formula is C12H12O8. The molecule has 0 spiro atoms. The molecule has 0 amide bonds. The van der Waals surface area contributed by atoms with E-state index in [0.717, 1.165) is 7.11 Å². The largest absolute Gasteiger partial charge is 0.479 e. The monoisotopic (exact) mass is 284 g/mol. The summed E-state index contributed by atoms with van der Waals surface area (Å²) in [4.78, 5) is 42.9. The van der Waals surface area contributed by atoms with Crippen molar-refractivity contribution in [2.45, 2.75) is 11.7 Å². The molecule has 0 saturated heterocycles. The molecule has 0 saturated carbocycles. The number of ketones is 1. The Hall–Kier alpha value is -2.29. The highest BCUT2D eigenvalue weighted by molar-refractivity contribution is 6.17. The van der Waals surface area contributed by atoms with Gasteiger partial charge in [-0.1, -0.05) is 30.3 Å². The van der Waals surface area contributed by atoms with Crippen molar-refractivity contribution in [3.63, 3.8) is 0 Å². The number of carboxylic acid groups (broad SMARTS) is 2. The van der Waals surface area contributed by atoms with Crippen LogP contribution in [0.2, 0.25) is 0 Å². The average molecular weight is 284 g/mol. The molecule has 0 fully saturated rings. The molecule has 0 aromatic heterocycles. The molecule has 3 N–H and O–H groups in total. The van der Waals surface area contributed by atoms with Gasteiger partial charge in [-0.3, -0.25) is 4.79 Å². The summed E-state index contributed by atoms with van der Waals surface area (Å²) in [6.07, 6.45) is -2.65. The second-order valence-corrected chi connectivity index (χ2v) is 3.73. The summed E-state index contributed by atoms with van der Waals surface area (Å²) in [5.41, 5.74) is -3.24. The maximum Gasteiger partial charge on any atom is 0.351 e. The number of rotatable bonds is 7. The Kier molecular flexibility index (Phi) is 4.92. The first-order valence-corrected chi connectivity index (χ1v) is 5.33. The molecule has 0 aliphatic heterocycles. The molecule has 0 aliphatic carbocycles. The first-order valence-electron chi connectivity index (χ1n) is 5.33. The first kappa shape index (κ1) is 15.8. The zero-order valence-corrected chi connectivity index (χ0v) is 10.3. The zero-order valence-electron chi connectivity index (χ0n) is 10.3. The molecule has 0 bridgehead atoms. The van der Waals surface area contributed by atoms with Gasteiger partial charge >= 0.3 is 11.9 Å². The van der Waals surface area contributed by atoms with E-state index in [1.165, 1.54) is 24.3 Å². The van der Waals surface area contributed by atoms with Crippen LogP contribution >= 0.6 is 0 Å². The van der Waals surface area contributed by atoms with Crippen LogP contribution < -0.4 is 0 Å². The second kappa shape index (κ2) is 6.24. The van der Waals surface area contributed by atoms with E-state index < -0.39 is 29.4 Å². The molecule has 1 aromatic rings. The molecule has 2 atom stereocenters. The summed E-state index contributed by atoms with van der Waals surface area (Å²) in [5.74, 6) is -5.17. The van der Waals surface area contributed by atoms with Crippen LogP contribution in [0.15, 0.2) is 30.3 Å². The van der Waals surface area contributed by atoms with Gasteiger partial charge in [0.15, 0.2) is 0 Å². The molecule has 0 heterocycles. The standard InChI is InChI=1S/C12H12O8/c1-19-20-12(11(17)18,9(14)10(15)16)8(13)7-5-3-2-4-6-7/h2-6,9,14H,1H3,(H,15,16)(H,17,18). The molecular weight excluding hydrogens is 272 g/mol. The second-order valence-electron chi connectivity index (χ2n) is 3.73. The summed E-state index contributed by atoms with van der Waals surface area (Å²) in [6.45, 7) is 0. The molecule has 0 aliphatic rings. The van der Waals surface area contributed by atoms with Gasteiger partial charge in [0.05, 0.1) is 7.11 Å². The van der Waals surface area contributed by atoms with Crippen molar-refractivity contribution >= 4 is 17.7 Å². The van der Waals surface area contributed by atoms with Crippen molar-refractivity contribution in [2.24, 2.45) is 0 Å². The van der Waals surface area contributed by atoms with E-state index in [0.29, 0.717) is 0 Å². The van der Waals surface area contributed by atoms with Crippen LogP contribution in [-0.2, 0) is 19.4 Å². The summed E-state index contributed by atoms with van der Waals surface area (Å²) >= 11 is 0. The van der Waals surface area contributed by atoms with E-state index in [-0.39, 0.29) is 5.56 Å². The molecule has 2 unspecified atom stereocenters. The fourth-order valence-electron chi connectivity index (χ4n) is 1.57. The van der Waals surface area contributed by atoms with E-state index >= 15 is 0 Å². The Morgan fingerprint density at radius 2 is 1.70 bits per heavy atom. The summed E-state index contributed by atoms with van der Waals surface area (Å²) in [5, 5.41) is 27.5. The fraction of sp³-hybridized carbons (Fsp3) is 0.250. The molecule has 1 rings (SSSR count). The summed E-state index contributed by atoms with van der Waals surface area (Å²) < 4.78 is 0. The lowest BCUT2D eigenvalue weighted by Gasteiger charge is -2.28. The molecule has 0 radical (unpaired) electrons.